The highest BCUT2D eigenvalue weighted by molar-refractivity contribution is 5.94. The van der Waals surface area contributed by atoms with Gasteiger partial charge in [0.05, 0.1) is 18.4 Å². The van der Waals surface area contributed by atoms with Gasteiger partial charge in [-0.05, 0) is 76.7 Å². The molecule has 0 aliphatic carbocycles. The molecule has 1 aromatic heterocycles. The predicted octanol–water partition coefficient (Wildman–Crippen LogP) is 3.58. The zero-order valence-corrected chi connectivity index (χ0v) is 20.1. The Bertz CT molecular complexity index is 938. The van der Waals surface area contributed by atoms with E-state index in [1.165, 1.54) is 0 Å². The molecule has 2 fully saturated rings. The van der Waals surface area contributed by atoms with Gasteiger partial charge >= 0.3 is 0 Å². The van der Waals surface area contributed by atoms with Crippen molar-refractivity contribution in [1.29, 1.82) is 0 Å². The number of aliphatic hydroxyl groups excluding tert-OH is 1. The van der Waals surface area contributed by atoms with Gasteiger partial charge in [-0.3, -0.25) is 4.79 Å². The molecule has 0 saturated carbocycles. The minimum Gasteiger partial charge on any atom is -0.476 e. The molecule has 4 rings (SSSR count). The van der Waals surface area contributed by atoms with Crippen LogP contribution in [0.5, 0.6) is 5.88 Å². The van der Waals surface area contributed by atoms with Gasteiger partial charge < -0.3 is 19.6 Å². The van der Waals surface area contributed by atoms with Crippen molar-refractivity contribution in [1.82, 2.24) is 20.0 Å². The van der Waals surface area contributed by atoms with E-state index in [-0.39, 0.29) is 5.91 Å². The van der Waals surface area contributed by atoms with Crippen LogP contribution >= 0.6 is 0 Å². The predicted molar refractivity (Wildman–Crippen MR) is 128 cm³/mol. The highest BCUT2D eigenvalue weighted by Gasteiger charge is 2.26. The first-order valence-electron chi connectivity index (χ1n) is 12.2. The lowest BCUT2D eigenvalue weighted by Crippen LogP contribution is -2.42. The first-order chi connectivity index (χ1) is 16.3. The number of piperidine rings is 2. The summed E-state index contributed by atoms with van der Waals surface area (Å²) < 4.78 is 19.7. The van der Waals surface area contributed by atoms with E-state index < -0.39 is 11.8 Å². The second-order valence-corrected chi connectivity index (χ2v) is 10.1. The number of benzene rings is 1. The average molecular weight is 471 g/mol. The monoisotopic (exact) mass is 470 g/mol. The van der Waals surface area contributed by atoms with E-state index in [4.69, 9.17) is 4.74 Å². The Morgan fingerprint density at radius 2 is 1.82 bits per heavy atom. The van der Waals surface area contributed by atoms with Crippen LogP contribution in [0.4, 0.5) is 4.39 Å². The molecule has 2 aromatic rings. The summed E-state index contributed by atoms with van der Waals surface area (Å²) in [7, 11) is 0. The van der Waals surface area contributed by atoms with E-state index in [0.717, 1.165) is 44.3 Å². The number of carbonyl (C=O) groups is 1. The summed E-state index contributed by atoms with van der Waals surface area (Å²) in [6, 6.07) is 11.0. The van der Waals surface area contributed by atoms with Gasteiger partial charge in [-0.1, -0.05) is 12.1 Å². The fourth-order valence-electron chi connectivity index (χ4n) is 4.70. The maximum absolute atomic E-state index is 13.8. The van der Waals surface area contributed by atoms with E-state index in [1.807, 2.05) is 24.3 Å². The normalized spacial score (nSPS) is 20.4. The van der Waals surface area contributed by atoms with Gasteiger partial charge in [-0.2, -0.15) is 0 Å². The molecule has 0 radical (unpaired) electrons. The van der Waals surface area contributed by atoms with Crippen LogP contribution in [-0.4, -0.2) is 82.1 Å². The first-order valence-corrected chi connectivity index (χ1v) is 12.2. The fraction of sp³-hybridized carbons (Fsp3) is 0.577. The van der Waals surface area contributed by atoms with Gasteiger partial charge in [-0.25, -0.2) is 4.39 Å². The quantitative estimate of drug-likeness (QED) is 0.667. The van der Waals surface area contributed by atoms with Gasteiger partial charge in [0.2, 0.25) is 5.88 Å². The highest BCUT2D eigenvalue weighted by Crippen LogP contribution is 2.23. The van der Waals surface area contributed by atoms with Crippen LogP contribution in [-0.2, 0) is 0 Å². The minimum atomic E-state index is -1.16. The molecule has 184 valence electrons. The Kier molecular flexibility index (Phi) is 7.78. The Hall–Kier alpha value is -2.58. The van der Waals surface area contributed by atoms with Crippen molar-refractivity contribution in [3.63, 3.8) is 0 Å². The summed E-state index contributed by atoms with van der Waals surface area (Å²) >= 11 is 0. The minimum absolute atomic E-state index is 0.0561. The van der Waals surface area contributed by atoms with Crippen molar-refractivity contribution in [3.8, 4) is 17.1 Å². The third kappa shape index (κ3) is 6.73. The van der Waals surface area contributed by atoms with E-state index in [0.29, 0.717) is 49.3 Å². The number of alkyl halides is 1. The summed E-state index contributed by atoms with van der Waals surface area (Å²) in [5.41, 5.74) is 1.03. The standard InChI is InChI=1S/C26H35FN4O3/c1-26(2,27)18-30-14-11-19(12-15-30)17-34-24-10-9-23(28-29-24)20-5-7-21(8-6-20)25(33)31-13-3-4-22(32)16-31/h5-10,19,22,32H,3-4,11-18H2,1-2H3/t22-/m1/s1. The number of aliphatic hydroxyl groups is 1. The van der Waals surface area contributed by atoms with Crippen LogP contribution < -0.4 is 4.74 Å². The maximum Gasteiger partial charge on any atom is 0.253 e. The smallest absolute Gasteiger partial charge is 0.253 e. The molecule has 34 heavy (non-hydrogen) atoms. The largest absolute Gasteiger partial charge is 0.476 e. The van der Waals surface area contributed by atoms with Crippen molar-refractivity contribution in [2.45, 2.75) is 51.3 Å². The molecular formula is C26H35FN4O3. The molecule has 0 unspecified atom stereocenters. The molecule has 1 atom stereocenters. The topological polar surface area (TPSA) is 78.8 Å². The van der Waals surface area contributed by atoms with Crippen molar-refractivity contribution in [3.05, 3.63) is 42.0 Å². The number of aromatic nitrogens is 2. The SMILES string of the molecule is CC(C)(F)CN1CCC(COc2ccc(-c3ccc(C(=O)N4CCC[C@@H](O)C4)cc3)nn2)CC1. The van der Waals surface area contributed by atoms with Crippen molar-refractivity contribution < 1.29 is 19.0 Å². The summed E-state index contributed by atoms with van der Waals surface area (Å²) in [6.45, 7) is 7.17. The van der Waals surface area contributed by atoms with Gasteiger partial charge in [-0.15, -0.1) is 10.2 Å². The number of amides is 1. The van der Waals surface area contributed by atoms with Crippen molar-refractivity contribution in [2.24, 2.45) is 5.92 Å². The van der Waals surface area contributed by atoms with E-state index in [1.54, 1.807) is 30.9 Å². The maximum atomic E-state index is 13.8. The molecule has 8 heteroatoms. The van der Waals surface area contributed by atoms with Crippen LogP contribution in [0, 0.1) is 5.92 Å². The van der Waals surface area contributed by atoms with E-state index >= 15 is 0 Å². The number of hydrogen-bond acceptors (Lipinski definition) is 6. The number of halogens is 1. The number of nitrogens with zero attached hydrogens (tertiary/aromatic N) is 4. The fourth-order valence-corrected chi connectivity index (χ4v) is 4.70. The number of rotatable bonds is 7. The molecule has 1 aromatic carbocycles. The molecule has 3 heterocycles. The van der Waals surface area contributed by atoms with Crippen molar-refractivity contribution >= 4 is 5.91 Å². The Morgan fingerprint density at radius 3 is 2.44 bits per heavy atom. The van der Waals surface area contributed by atoms with Crippen LogP contribution in [0.15, 0.2) is 36.4 Å². The molecule has 1 N–H and O–H groups in total. The number of β-amino-alcohol motifs (C(OH)–C–C–N with tert-alkyl or cyclic N) is 1. The van der Waals surface area contributed by atoms with Crippen LogP contribution in [0.1, 0.15) is 49.9 Å². The zero-order chi connectivity index (χ0) is 24.1. The average Bonchev–Trinajstić information content (AvgIpc) is 2.83. The van der Waals surface area contributed by atoms with Gasteiger partial charge in [0.25, 0.3) is 5.91 Å². The molecule has 0 bridgehead atoms. The van der Waals surface area contributed by atoms with Crippen LogP contribution in [0.3, 0.4) is 0 Å². The highest BCUT2D eigenvalue weighted by atomic mass is 19.1. The number of ether oxygens (including phenoxy) is 1. The Labute approximate surface area is 200 Å². The number of hydrogen-bond donors (Lipinski definition) is 1. The van der Waals surface area contributed by atoms with Crippen molar-refractivity contribution in [2.75, 3.05) is 39.3 Å². The Balaban J connectivity index is 1.26. The molecule has 1 amide bonds. The summed E-state index contributed by atoms with van der Waals surface area (Å²) in [6.07, 6.45) is 3.12. The lowest BCUT2D eigenvalue weighted by atomic mass is 9.97. The molecule has 0 spiro atoms. The third-order valence-electron chi connectivity index (χ3n) is 6.53. The number of carbonyl (C=O) groups excluding carboxylic acids is 1. The summed E-state index contributed by atoms with van der Waals surface area (Å²) in [5.74, 6) is 0.873. The second kappa shape index (κ2) is 10.8. The lowest BCUT2D eigenvalue weighted by molar-refractivity contribution is 0.0474. The Morgan fingerprint density at radius 1 is 1.09 bits per heavy atom. The van der Waals surface area contributed by atoms with Gasteiger partial charge in [0.15, 0.2) is 0 Å². The van der Waals surface area contributed by atoms with E-state index in [2.05, 4.69) is 15.1 Å². The van der Waals surface area contributed by atoms with E-state index in [9.17, 15) is 14.3 Å². The summed E-state index contributed by atoms with van der Waals surface area (Å²) in [4.78, 5) is 16.6. The second-order valence-electron chi connectivity index (χ2n) is 10.1. The number of likely N-dealkylation sites (tertiary alicyclic amines) is 2. The third-order valence-corrected chi connectivity index (χ3v) is 6.53. The molecule has 2 aliphatic heterocycles. The lowest BCUT2D eigenvalue weighted by Gasteiger charge is -2.34. The van der Waals surface area contributed by atoms with Crippen LogP contribution in [0.25, 0.3) is 11.3 Å². The summed E-state index contributed by atoms with van der Waals surface area (Å²) in [5, 5.41) is 18.3. The van der Waals surface area contributed by atoms with Gasteiger partial charge in [0, 0.05) is 36.8 Å². The van der Waals surface area contributed by atoms with Crippen LogP contribution in [0.2, 0.25) is 0 Å². The molecule has 2 aliphatic rings. The molecule has 7 nitrogen and oxygen atoms in total. The van der Waals surface area contributed by atoms with Gasteiger partial charge in [0.1, 0.15) is 5.67 Å². The first kappa shape index (κ1) is 24.5. The molecule has 2 saturated heterocycles. The zero-order valence-electron chi connectivity index (χ0n) is 20.1. The molecular weight excluding hydrogens is 435 g/mol.